The molecule has 188 valence electrons. The zero-order valence-corrected chi connectivity index (χ0v) is 19.3. The van der Waals surface area contributed by atoms with Gasteiger partial charge < -0.3 is 15.5 Å². The molecule has 0 spiro atoms. The maximum Gasteiger partial charge on any atom is 0.493 e. The highest BCUT2D eigenvalue weighted by molar-refractivity contribution is 6.30. The van der Waals surface area contributed by atoms with Crippen LogP contribution in [0.4, 0.5) is 24.7 Å². The first-order valence-corrected chi connectivity index (χ1v) is 10.9. The maximum atomic E-state index is 13.5. The molecule has 9 nitrogen and oxygen atoms in total. The molecule has 0 atom stereocenters. The Labute approximate surface area is 208 Å². The Morgan fingerprint density at radius 1 is 1.22 bits per heavy atom. The van der Waals surface area contributed by atoms with Crippen molar-refractivity contribution >= 4 is 47.0 Å². The normalized spacial score (nSPS) is 14.2. The van der Waals surface area contributed by atoms with Crippen LogP contribution in [0.2, 0.25) is 5.02 Å². The molecule has 1 aliphatic heterocycles. The number of halogens is 4. The van der Waals surface area contributed by atoms with Gasteiger partial charge in [-0.15, -0.1) is 5.06 Å². The minimum absolute atomic E-state index is 0.0281. The van der Waals surface area contributed by atoms with Crippen molar-refractivity contribution in [3.63, 3.8) is 0 Å². The molecule has 13 heteroatoms. The van der Waals surface area contributed by atoms with Gasteiger partial charge in [-0.05, 0) is 61.8 Å². The minimum Gasteiger partial charge on any atom is -0.325 e. The van der Waals surface area contributed by atoms with E-state index in [2.05, 4.69) is 20.5 Å². The number of hydrogen-bond acceptors (Lipinski definition) is 7. The van der Waals surface area contributed by atoms with E-state index in [0.29, 0.717) is 31.5 Å². The van der Waals surface area contributed by atoms with Crippen LogP contribution in [0, 0.1) is 17.2 Å². The Balaban J connectivity index is 2.03. The smallest absolute Gasteiger partial charge is 0.325 e. The monoisotopic (exact) mass is 521 g/mol. The van der Waals surface area contributed by atoms with E-state index in [0.717, 1.165) is 18.3 Å². The van der Waals surface area contributed by atoms with Crippen molar-refractivity contribution in [2.45, 2.75) is 19.0 Å². The fourth-order valence-electron chi connectivity index (χ4n) is 3.33. The fourth-order valence-corrected chi connectivity index (χ4v) is 3.44. The van der Waals surface area contributed by atoms with Gasteiger partial charge in [0.1, 0.15) is 0 Å². The topological polar surface area (TPSA) is 124 Å². The number of anilines is 2. The Morgan fingerprint density at radius 2 is 1.94 bits per heavy atom. The van der Waals surface area contributed by atoms with Crippen LogP contribution in [0.25, 0.3) is 6.08 Å². The number of piperidine rings is 1. The van der Waals surface area contributed by atoms with Gasteiger partial charge >= 0.3 is 12.1 Å². The van der Waals surface area contributed by atoms with Crippen LogP contribution < -0.4 is 15.7 Å². The van der Waals surface area contributed by atoms with Crippen LogP contribution >= 0.6 is 11.6 Å². The van der Waals surface area contributed by atoms with Gasteiger partial charge in [-0.25, -0.2) is 9.78 Å². The van der Waals surface area contributed by atoms with Gasteiger partial charge in [0.25, 0.3) is 5.91 Å². The summed E-state index contributed by atoms with van der Waals surface area (Å²) in [6, 6.07) is 8.19. The second kappa shape index (κ2) is 11.7. The van der Waals surface area contributed by atoms with E-state index in [1.807, 2.05) is 0 Å². The van der Waals surface area contributed by atoms with Crippen molar-refractivity contribution in [1.29, 1.82) is 5.26 Å². The molecule has 2 heterocycles. The summed E-state index contributed by atoms with van der Waals surface area (Å²) < 4.78 is 38.9. The molecular formula is C23H19ClF3N5O4. The minimum atomic E-state index is -5.41. The summed E-state index contributed by atoms with van der Waals surface area (Å²) in [5.41, 5.74) is -0.00492. The zero-order valence-electron chi connectivity index (χ0n) is 18.5. The lowest BCUT2D eigenvalue weighted by molar-refractivity contribution is -0.200. The average molecular weight is 522 g/mol. The van der Waals surface area contributed by atoms with E-state index >= 15 is 0 Å². The lowest BCUT2D eigenvalue weighted by Gasteiger charge is -2.24. The molecule has 2 aromatic rings. The van der Waals surface area contributed by atoms with Crippen molar-refractivity contribution in [1.82, 2.24) is 10.3 Å². The molecule has 1 aromatic heterocycles. The van der Waals surface area contributed by atoms with E-state index in [4.69, 9.17) is 16.9 Å². The number of allylic oxidation sites excluding steroid dienone is 1. The number of rotatable bonds is 5. The van der Waals surface area contributed by atoms with Gasteiger partial charge in [-0.1, -0.05) is 17.7 Å². The van der Waals surface area contributed by atoms with Crippen molar-refractivity contribution < 1.29 is 32.4 Å². The third kappa shape index (κ3) is 6.80. The Morgan fingerprint density at radius 3 is 2.56 bits per heavy atom. The molecule has 1 aliphatic rings. The van der Waals surface area contributed by atoms with E-state index in [1.54, 1.807) is 6.07 Å². The van der Waals surface area contributed by atoms with Gasteiger partial charge in [0, 0.05) is 18.2 Å². The average Bonchev–Trinajstić information content (AvgIpc) is 2.86. The van der Waals surface area contributed by atoms with Gasteiger partial charge in [0.2, 0.25) is 5.91 Å². The summed E-state index contributed by atoms with van der Waals surface area (Å²) in [6.07, 6.45) is -0.774. The summed E-state index contributed by atoms with van der Waals surface area (Å²) in [6.45, 7) is 1.26. The first-order chi connectivity index (χ1) is 17.1. The standard InChI is InChI=1S/C23H19ClF3N5O4/c24-16-4-6-19(30-13-16)32(36-22(35)23(25,26)27)21(34)17-12-14(2-1-9-28)3-5-18(17)31-20(33)15-7-10-29-11-8-15/h1-6,12-13,15,29H,7-8,10-11H2,(H,31,33)/b2-1-. The number of hydroxylamine groups is 1. The third-order valence-corrected chi connectivity index (χ3v) is 5.33. The van der Waals surface area contributed by atoms with Crippen molar-refractivity contribution in [2.24, 2.45) is 5.92 Å². The van der Waals surface area contributed by atoms with E-state index < -0.39 is 23.9 Å². The third-order valence-electron chi connectivity index (χ3n) is 5.10. The summed E-state index contributed by atoms with van der Waals surface area (Å²) in [5.74, 6) is -5.07. The van der Waals surface area contributed by atoms with Crippen molar-refractivity contribution in [3.8, 4) is 6.07 Å². The van der Waals surface area contributed by atoms with Gasteiger partial charge in [-0.2, -0.15) is 18.4 Å². The number of pyridine rings is 1. The fraction of sp³-hybridized carbons (Fsp3) is 0.261. The van der Waals surface area contributed by atoms with Crippen LogP contribution in [0.1, 0.15) is 28.8 Å². The first-order valence-electron chi connectivity index (χ1n) is 10.6. The van der Waals surface area contributed by atoms with Crippen LogP contribution in [0.5, 0.6) is 0 Å². The quantitative estimate of drug-likeness (QED) is 0.452. The number of benzene rings is 1. The van der Waals surface area contributed by atoms with Gasteiger partial charge in [-0.3, -0.25) is 9.59 Å². The Hall–Kier alpha value is -3.95. The van der Waals surface area contributed by atoms with Crippen molar-refractivity contribution in [3.05, 3.63) is 58.8 Å². The van der Waals surface area contributed by atoms with E-state index in [-0.39, 0.29) is 33.2 Å². The number of nitrogens with zero attached hydrogens (tertiary/aromatic N) is 3. The lowest BCUT2D eigenvalue weighted by atomic mass is 9.97. The molecule has 1 aromatic carbocycles. The Kier molecular flexibility index (Phi) is 8.63. The summed E-state index contributed by atoms with van der Waals surface area (Å²) in [5, 5.41) is 14.7. The number of carbonyl (C=O) groups excluding carboxylic acids is 3. The highest BCUT2D eigenvalue weighted by Crippen LogP contribution is 2.27. The second-order valence-corrected chi connectivity index (χ2v) is 8.03. The predicted molar refractivity (Wildman–Crippen MR) is 124 cm³/mol. The number of carbonyl (C=O) groups is 3. The second-order valence-electron chi connectivity index (χ2n) is 7.59. The first kappa shape index (κ1) is 26.7. The highest BCUT2D eigenvalue weighted by Gasteiger charge is 2.44. The van der Waals surface area contributed by atoms with Crippen LogP contribution in [-0.4, -0.2) is 42.0 Å². The van der Waals surface area contributed by atoms with Crippen LogP contribution in [0.3, 0.4) is 0 Å². The Bertz CT molecular complexity index is 1210. The number of aromatic nitrogens is 1. The number of nitrogens with one attached hydrogen (secondary N) is 2. The number of nitriles is 1. The molecule has 0 aliphatic carbocycles. The van der Waals surface area contributed by atoms with Crippen LogP contribution in [-0.2, 0) is 14.4 Å². The zero-order chi connectivity index (χ0) is 26.3. The molecule has 3 rings (SSSR count). The molecule has 0 saturated carbocycles. The molecule has 1 fully saturated rings. The van der Waals surface area contributed by atoms with Crippen molar-refractivity contribution in [2.75, 3.05) is 23.5 Å². The summed E-state index contributed by atoms with van der Waals surface area (Å²) in [7, 11) is 0. The SMILES string of the molecule is N#C/C=C\c1ccc(NC(=O)C2CCNCC2)c(C(=O)N(OC(=O)C(F)(F)F)c2ccc(Cl)cn2)c1. The molecular weight excluding hydrogens is 503 g/mol. The summed E-state index contributed by atoms with van der Waals surface area (Å²) >= 11 is 5.78. The molecule has 2 amide bonds. The maximum absolute atomic E-state index is 13.5. The molecule has 0 bridgehead atoms. The molecule has 0 unspecified atom stereocenters. The molecule has 1 saturated heterocycles. The molecule has 2 N–H and O–H groups in total. The van der Waals surface area contributed by atoms with E-state index in [9.17, 15) is 27.6 Å². The van der Waals surface area contributed by atoms with Crippen LogP contribution in [0.15, 0.2) is 42.6 Å². The van der Waals surface area contributed by atoms with Gasteiger partial charge in [0.15, 0.2) is 5.82 Å². The summed E-state index contributed by atoms with van der Waals surface area (Å²) in [4.78, 5) is 46.0. The molecule has 36 heavy (non-hydrogen) atoms. The number of alkyl halides is 3. The molecule has 0 radical (unpaired) electrons. The highest BCUT2D eigenvalue weighted by atomic mass is 35.5. The largest absolute Gasteiger partial charge is 0.493 e. The predicted octanol–water partition coefficient (Wildman–Crippen LogP) is 3.88. The number of amides is 2. The lowest BCUT2D eigenvalue weighted by Crippen LogP contribution is -2.40. The number of hydrogen-bond donors (Lipinski definition) is 2. The van der Waals surface area contributed by atoms with E-state index in [1.165, 1.54) is 30.3 Å². The van der Waals surface area contributed by atoms with Gasteiger partial charge in [0.05, 0.1) is 22.3 Å².